The number of hydrogen-bond donors (Lipinski definition) is 1. The van der Waals surface area contributed by atoms with Crippen LogP contribution in [0.15, 0.2) is 0 Å². The van der Waals surface area contributed by atoms with E-state index in [1.807, 2.05) is 0 Å². The topological polar surface area (TPSA) is 45.0 Å². The first-order valence-corrected chi connectivity index (χ1v) is 5.44. The van der Waals surface area contributed by atoms with Crippen molar-refractivity contribution < 1.29 is 4.74 Å². The SMILES string of the molecule is CC1(CNC2CCCC2C#N)COC1. The number of nitriles is 1. The van der Waals surface area contributed by atoms with Crippen LogP contribution in [0.2, 0.25) is 0 Å². The molecule has 0 aromatic rings. The van der Waals surface area contributed by atoms with E-state index in [1.54, 1.807) is 0 Å². The maximum atomic E-state index is 8.92. The van der Waals surface area contributed by atoms with E-state index in [2.05, 4.69) is 18.3 Å². The predicted octanol–water partition coefficient (Wildman–Crippen LogP) is 1.30. The fourth-order valence-corrected chi connectivity index (χ4v) is 2.29. The van der Waals surface area contributed by atoms with Crippen LogP contribution in [0.3, 0.4) is 0 Å². The second-order valence-corrected chi connectivity index (χ2v) is 4.96. The van der Waals surface area contributed by atoms with Crippen molar-refractivity contribution in [2.45, 2.75) is 32.2 Å². The molecule has 2 atom stereocenters. The summed E-state index contributed by atoms with van der Waals surface area (Å²) in [7, 11) is 0. The summed E-state index contributed by atoms with van der Waals surface area (Å²) < 4.78 is 5.20. The van der Waals surface area contributed by atoms with Crippen molar-refractivity contribution in [2.75, 3.05) is 19.8 Å². The summed E-state index contributed by atoms with van der Waals surface area (Å²) in [4.78, 5) is 0. The highest BCUT2D eigenvalue weighted by molar-refractivity contribution is 4.97. The zero-order chi connectivity index (χ0) is 10.0. The van der Waals surface area contributed by atoms with E-state index in [-0.39, 0.29) is 5.92 Å². The van der Waals surface area contributed by atoms with E-state index in [1.165, 1.54) is 6.42 Å². The molecular formula is C11H18N2O. The van der Waals surface area contributed by atoms with Gasteiger partial charge in [-0.3, -0.25) is 0 Å². The quantitative estimate of drug-likeness (QED) is 0.736. The second kappa shape index (κ2) is 3.88. The molecule has 78 valence electrons. The third-order valence-electron chi connectivity index (χ3n) is 3.37. The number of rotatable bonds is 3. The molecule has 0 spiro atoms. The molecule has 1 aliphatic heterocycles. The molecular weight excluding hydrogens is 176 g/mol. The first-order chi connectivity index (χ1) is 6.73. The highest BCUT2D eigenvalue weighted by Crippen LogP contribution is 2.28. The minimum absolute atomic E-state index is 0.236. The van der Waals surface area contributed by atoms with E-state index < -0.39 is 0 Å². The monoisotopic (exact) mass is 194 g/mol. The summed E-state index contributed by atoms with van der Waals surface area (Å²) in [5.74, 6) is 0.236. The van der Waals surface area contributed by atoms with Crippen molar-refractivity contribution in [3.63, 3.8) is 0 Å². The Morgan fingerprint density at radius 1 is 1.50 bits per heavy atom. The van der Waals surface area contributed by atoms with Gasteiger partial charge in [-0.1, -0.05) is 13.3 Å². The minimum Gasteiger partial charge on any atom is -0.380 e. The molecule has 1 aliphatic carbocycles. The Hall–Kier alpha value is -0.590. The summed E-state index contributed by atoms with van der Waals surface area (Å²) >= 11 is 0. The maximum Gasteiger partial charge on any atom is 0.0672 e. The summed E-state index contributed by atoms with van der Waals surface area (Å²) in [6.45, 7) is 4.96. The fourth-order valence-electron chi connectivity index (χ4n) is 2.29. The van der Waals surface area contributed by atoms with E-state index in [0.717, 1.165) is 32.6 Å². The lowest BCUT2D eigenvalue weighted by Gasteiger charge is -2.39. The Balaban J connectivity index is 1.77. The third kappa shape index (κ3) is 1.92. The van der Waals surface area contributed by atoms with Crippen LogP contribution in [-0.4, -0.2) is 25.8 Å². The molecule has 2 unspecified atom stereocenters. The van der Waals surface area contributed by atoms with Gasteiger partial charge < -0.3 is 10.1 Å². The minimum atomic E-state index is 0.236. The smallest absolute Gasteiger partial charge is 0.0672 e. The Bertz CT molecular complexity index is 242. The first kappa shape index (κ1) is 9.95. The van der Waals surface area contributed by atoms with Gasteiger partial charge in [-0.25, -0.2) is 0 Å². The average molecular weight is 194 g/mol. The van der Waals surface area contributed by atoms with Crippen LogP contribution in [0.4, 0.5) is 0 Å². The molecule has 1 heterocycles. The van der Waals surface area contributed by atoms with Crippen LogP contribution in [0.5, 0.6) is 0 Å². The van der Waals surface area contributed by atoms with Crippen molar-refractivity contribution >= 4 is 0 Å². The van der Waals surface area contributed by atoms with Gasteiger partial charge in [0.1, 0.15) is 0 Å². The van der Waals surface area contributed by atoms with Crippen molar-refractivity contribution in [1.82, 2.24) is 5.32 Å². The summed E-state index contributed by atoms with van der Waals surface area (Å²) in [6.07, 6.45) is 3.43. The van der Waals surface area contributed by atoms with Gasteiger partial charge in [0, 0.05) is 18.0 Å². The van der Waals surface area contributed by atoms with Crippen LogP contribution < -0.4 is 5.32 Å². The number of nitrogens with one attached hydrogen (secondary N) is 1. The fraction of sp³-hybridized carbons (Fsp3) is 0.909. The largest absolute Gasteiger partial charge is 0.380 e. The molecule has 1 N–H and O–H groups in total. The molecule has 2 rings (SSSR count). The van der Waals surface area contributed by atoms with Gasteiger partial charge in [-0.05, 0) is 12.8 Å². The molecule has 14 heavy (non-hydrogen) atoms. The standard InChI is InChI=1S/C11H18N2O/c1-11(7-14-8-11)6-13-10-4-2-3-9(10)5-12/h9-10,13H,2-4,6-8H2,1H3. The van der Waals surface area contributed by atoms with Crippen molar-refractivity contribution in [2.24, 2.45) is 11.3 Å². The van der Waals surface area contributed by atoms with Gasteiger partial charge in [0.15, 0.2) is 0 Å². The van der Waals surface area contributed by atoms with Gasteiger partial charge in [0.25, 0.3) is 0 Å². The predicted molar refractivity (Wildman–Crippen MR) is 53.7 cm³/mol. The summed E-state index contributed by atoms with van der Waals surface area (Å²) in [5, 5.41) is 12.4. The highest BCUT2D eigenvalue weighted by Gasteiger charge is 2.35. The number of hydrogen-bond acceptors (Lipinski definition) is 3. The summed E-state index contributed by atoms with van der Waals surface area (Å²) in [6, 6.07) is 2.82. The molecule has 0 aromatic carbocycles. The van der Waals surface area contributed by atoms with Crippen LogP contribution in [0.1, 0.15) is 26.2 Å². The number of ether oxygens (including phenoxy) is 1. The van der Waals surface area contributed by atoms with Gasteiger partial charge in [0.2, 0.25) is 0 Å². The Kier molecular flexibility index (Phi) is 2.76. The van der Waals surface area contributed by atoms with Gasteiger partial charge in [-0.15, -0.1) is 0 Å². The van der Waals surface area contributed by atoms with Crippen molar-refractivity contribution in [1.29, 1.82) is 5.26 Å². The molecule has 3 nitrogen and oxygen atoms in total. The summed E-state index contributed by atoms with van der Waals surface area (Å²) in [5.41, 5.74) is 0.322. The molecule has 0 aromatic heterocycles. The lowest BCUT2D eigenvalue weighted by Crippen LogP contribution is -2.50. The van der Waals surface area contributed by atoms with Gasteiger partial charge >= 0.3 is 0 Å². The molecule has 0 bridgehead atoms. The second-order valence-electron chi connectivity index (χ2n) is 4.96. The van der Waals surface area contributed by atoms with Crippen molar-refractivity contribution in [3.05, 3.63) is 0 Å². The van der Waals surface area contributed by atoms with Crippen LogP contribution >= 0.6 is 0 Å². The Morgan fingerprint density at radius 3 is 2.86 bits per heavy atom. The Morgan fingerprint density at radius 2 is 2.29 bits per heavy atom. The van der Waals surface area contributed by atoms with Crippen LogP contribution in [0.25, 0.3) is 0 Å². The zero-order valence-corrected chi connectivity index (χ0v) is 8.75. The molecule has 1 saturated heterocycles. The van der Waals surface area contributed by atoms with Crippen LogP contribution in [-0.2, 0) is 4.74 Å². The number of nitrogens with zero attached hydrogens (tertiary/aromatic N) is 1. The first-order valence-electron chi connectivity index (χ1n) is 5.44. The molecule has 0 amide bonds. The van der Waals surface area contributed by atoms with E-state index in [4.69, 9.17) is 10.00 Å². The molecule has 0 radical (unpaired) electrons. The maximum absolute atomic E-state index is 8.92. The zero-order valence-electron chi connectivity index (χ0n) is 8.75. The third-order valence-corrected chi connectivity index (χ3v) is 3.37. The Labute approximate surface area is 85.4 Å². The molecule has 2 aliphatic rings. The van der Waals surface area contributed by atoms with Crippen LogP contribution in [0, 0.1) is 22.7 Å². The molecule has 2 fully saturated rings. The normalized spacial score (nSPS) is 34.9. The lowest BCUT2D eigenvalue weighted by atomic mass is 9.88. The van der Waals surface area contributed by atoms with E-state index in [0.29, 0.717) is 11.5 Å². The van der Waals surface area contributed by atoms with E-state index >= 15 is 0 Å². The van der Waals surface area contributed by atoms with Gasteiger partial charge in [-0.2, -0.15) is 5.26 Å². The van der Waals surface area contributed by atoms with E-state index in [9.17, 15) is 0 Å². The molecule has 1 saturated carbocycles. The average Bonchev–Trinajstić information content (AvgIpc) is 2.58. The highest BCUT2D eigenvalue weighted by atomic mass is 16.5. The van der Waals surface area contributed by atoms with Crippen molar-refractivity contribution in [3.8, 4) is 6.07 Å². The lowest BCUT2D eigenvalue weighted by molar-refractivity contribution is -0.100. The molecule has 3 heteroatoms. The van der Waals surface area contributed by atoms with Gasteiger partial charge in [0.05, 0.1) is 25.2 Å².